The van der Waals surface area contributed by atoms with Crippen LogP contribution in [0.2, 0.25) is 0 Å². The molecule has 1 rings (SSSR count). The zero-order valence-electron chi connectivity index (χ0n) is 11.2. The molecule has 108 valence electrons. The molecule has 1 aromatic carbocycles. The highest BCUT2D eigenvalue weighted by molar-refractivity contribution is 9.10. The summed E-state index contributed by atoms with van der Waals surface area (Å²) in [7, 11) is 1.21. The Morgan fingerprint density at radius 3 is 2.53 bits per heavy atom. The number of ether oxygens (including phenoxy) is 2. The maximum absolute atomic E-state index is 12.3. The fourth-order valence-corrected chi connectivity index (χ4v) is 3.47. The number of halogens is 1. The third kappa shape index (κ3) is 4.17. The van der Waals surface area contributed by atoms with Gasteiger partial charge in [-0.05, 0) is 40.5 Å². The lowest BCUT2D eigenvalue weighted by Gasteiger charge is -2.17. The Balaban J connectivity index is 2.90. The topological polar surface area (TPSA) is 55.8 Å². The summed E-state index contributed by atoms with van der Waals surface area (Å²) < 4.78 is 36.5. The predicted molar refractivity (Wildman–Crippen MR) is 77.0 cm³/mol. The van der Waals surface area contributed by atoms with Crippen LogP contribution in [0.5, 0.6) is 5.75 Å². The van der Waals surface area contributed by atoms with E-state index in [2.05, 4.69) is 15.9 Å². The molecule has 0 saturated carbocycles. The number of nitrogens with zero attached hydrogens (tertiary/aromatic N) is 1. The van der Waals surface area contributed by atoms with Gasteiger partial charge in [-0.1, -0.05) is 0 Å². The summed E-state index contributed by atoms with van der Waals surface area (Å²) in [5, 5.41) is 0. The van der Waals surface area contributed by atoms with Gasteiger partial charge in [-0.25, -0.2) is 12.7 Å². The zero-order chi connectivity index (χ0) is 14.5. The molecule has 0 unspecified atom stereocenters. The molecular formula is C12H18BrNO4S. The molecule has 1 aromatic rings. The van der Waals surface area contributed by atoms with Crippen LogP contribution in [-0.4, -0.2) is 47.1 Å². The standard InChI is InChI=1S/C12H18BrNO4S/c1-14(7-4-8-17-2)19(15,16)10-5-6-12(18-3)11(13)9-10/h5-6,9H,4,7-8H2,1-3H3. The van der Waals surface area contributed by atoms with Crippen molar-refractivity contribution in [3.05, 3.63) is 22.7 Å². The Hall–Kier alpha value is -0.630. The maximum Gasteiger partial charge on any atom is 0.242 e. The summed E-state index contributed by atoms with van der Waals surface area (Å²) in [4.78, 5) is 0.236. The van der Waals surface area contributed by atoms with Crippen molar-refractivity contribution in [2.75, 3.05) is 34.4 Å². The minimum atomic E-state index is -3.47. The molecule has 0 aliphatic carbocycles. The van der Waals surface area contributed by atoms with Gasteiger partial charge in [-0.2, -0.15) is 0 Å². The first kappa shape index (κ1) is 16.4. The molecule has 0 aliphatic rings. The number of sulfonamides is 1. The highest BCUT2D eigenvalue weighted by atomic mass is 79.9. The van der Waals surface area contributed by atoms with Crippen LogP contribution in [0.1, 0.15) is 6.42 Å². The van der Waals surface area contributed by atoms with Crippen LogP contribution >= 0.6 is 15.9 Å². The van der Waals surface area contributed by atoms with Crippen LogP contribution in [0.15, 0.2) is 27.6 Å². The van der Waals surface area contributed by atoms with E-state index < -0.39 is 10.0 Å². The summed E-state index contributed by atoms with van der Waals surface area (Å²) in [6, 6.07) is 4.70. The van der Waals surface area contributed by atoms with Crippen LogP contribution in [0, 0.1) is 0 Å². The predicted octanol–water partition coefficient (Wildman–Crippen LogP) is 2.11. The van der Waals surface area contributed by atoms with E-state index >= 15 is 0 Å². The van der Waals surface area contributed by atoms with Gasteiger partial charge in [0.1, 0.15) is 5.75 Å². The Morgan fingerprint density at radius 2 is 2.00 bits per heavy atom. The average Bonchev–Trinajstić information content (AvgIpc) is 2.38. The Morgan fingerprint density at radius 1 is 1.32 bits per heavy atom. The molecule has 0 amide bonds. The summed E-state index contributed by atoms with van der Waals surface area (Å²) >= 11 is 3.28. The summed E-state index contributed by atoms with van der Waals surface area (Å²) in [5.74, 6) is 0.598. The van der Waals surface area contributed by atoms with Crippen molar-refractivity contribution in [1.29, 1.82) is 0 Å². The fraction of sp³-hybridized carbons (Fsp3) is 0.500. The molecule has 0 saturated heterocycles. The Labute approximate surface area is 122 Å². The van der Waals surface area contributed by atoms with Crippen LogP contribution < -0.4 is 4.74 Å². The largest absolute Gasteiger partial charge is 0.496 e. The normalized spacial score (nSPS) is 11.8. The van der Waals surface area contributed by atoms with Gasteiger partial charge in [-0.15, -0.1) is 0 Å². The lowest BCUT2D eigenvalue weighted by atomic mass is 10.3. The molecule has 0 heterocycles. The van der Waals surface area contributed by atoms with Gasteiger partial charge in [-0.3, -0.25) is 0 Å². The third-order valence-corrected chi connectivity index (χ3v) is 5.13. The van der Waals surface area contributed by atoms with Crippen molar-refractivity contribution >= 4 is 26.0 Å². The van der Waals surface area contributed by atoms with Gasteiger partial charge in [0.2, 0.25) is 10.0 Å². The lowest BCUT2D eigenvalue weighted by Crippen LogP contribution is -2.28. The molecule has 0 bridgehead atoms. The van der Waals surface area contributed by atoms with Gasteiger partial charge in [0.15, 0.2) is 0 Å². The second kappa shape index (κ2) is 7.23. The van der Waals surface area contributed by atoms with E-state index in [-0.39, 0.29) is 4.90 Å². The van der Waals surface area contributed by atoms with Crippen molar-refractivity contribution in [2.45, 2.75) is 11.3 Å². The van der Waals surface area contributed by atoms with Crippen LogP contribution in [-0.2, 0) is 14.8 Å². The SMILES string of the molecule is COCCCN(C)S(=O)(=O)c1ccc(OC)c(Br)c1. The van der Waals surface area contributed by atoms with Crippen molar-refractivity contribution in [1.82, 2.24) is 4.31 Å². The van der Waals surface area contributed by atoms with Crippen LogP contribution in [0.3, 0.4) is 0 Å². The Kier molecular flexibility index (Phi) is 6.25. The zero-order valence-corrected chi connectivity index (χ0v) is 13.6. The molecule has 0 fully saturated rings. The number of rotatable bonds is 7. The van der Waals surface area contributed by atoms with E-state index in [1.165, 1.54) is 17.5 Å². The smallest absolute Gasteiger partial charge is 0.242 e. The molecule has 0 spiro atoms. The van der Waals surface area contributed by atoms with Crippen molar-refractivity contribution in [2.24, 2.45) is 0 Å². The van der Waals surface area contributed by atoms with E-state index in [1.807, 2.05) is 0 Å². The summed E-state index contributed by atoms with van der Waals surface area (Å²) in [6.45, 7) is 0.950. The first-order valence-electron chi connectivity index (χ1n) is 5.72. The molecule has 7 heteroatoms. The number of hydrogen-bond donors (Lipinski definition) is 0. The first-order valence-corrected chi connectivity index (χ1v) is 7.95. The second-order valence-corrected chi connectivity index (χ2v) is 6.87. The van der Waals surface area contributed by atoms with E-state index in [4.69, 9.17) is 9.47 Å². The first-order chi connectivity index (χ1) is 8.93. The molecule has 19 heavy (non-hydrogen) atoms. The molecular weight excluding hydrogens is 334 g/mol. The monoisotopic (exact) mass is 351 g/mol. The van der Waals surface area contributed by atoms with E-state index in [0.29, 0.717) is 29.8 Å². The van der Waals surface area contributed by atoms with Gasteiger partial charge in [0.05, 0.1) is 16.5 Å². The highest BCUT2D eigenvalue weighted by Gasteiger charge is 2.21. The highest BCUT2D eigenvalue weighted by Crippen LogP contribution is 2.28. The van der Waals surface area contributed by atoms with Gasteiger partial charge in [0, 0.05) is 27.3 Å². The van der Waals surface area contributed by atoms with Crippen molar-refractivity contribution < 1.29 is 17.9 Å². The minimum absolute atomic E-state index is 0.236. The van der Waals surface area contributed by atoms with Crippen molar-refractivity contribution in [3.8, 4) is 5.75 Å². The van der Waals surface area contributed by atoms with E-state index in [9.17, 15) is 8.42 Å². The lowest BCUT2D eigenvalue weighted by molar-refractivity contribution is 0.189. The molecule has 5 nitrogen and oxygen atoms in total. The minimum Gasteiger partial charge on any atom is -0.496 e. The molecule has 0 atom stereocenters. The van der Waals surface area contributed by atoms with Gasteiger partial charge in [0.25, 0.3) is 0 Å². The van der Waals surface area contributed by atoms with E-state index in [1.54, 1.807) is 26.3 Å². The number of methoxy groups -OCH3 is 2. The second-order valence-electron chi connectivity index (χ2n) is 3.97. The number of benzene rings is 1. The Bertz CT molecular complexity index is 518. The van der Waals surface area contributed by atoms with Crippen LogP contribution in [0.25, 0.3) is 0 Å². The molecule has 0 aliphatic heterocycles. The molecule has 0 radical (unpaired) electrons. The quantitative estimate of drug-likeness (QED) is 0.706. The van der Waals surface area contributed by atoms with Gasteiger partial charge >= 0.3 is 0 Å². The summed E-state index contributed by atoms with van der Waals surface area (Å²) in [5.41, 5.74) is 0. The van der Waals surface area contributed by atoms with Gasteiger partial charge < -0.3 is 9.47 Å². The van der Waals surface area contributed by atoms with Crippen LogP contribution in [0.4, 0.5) is 0 Å². The average molecular weight is 352 g/mol. The molecule has 0 N–H and O–H groups in total. The third-order valence-electron chi connectivity index (χ3n) is 2.65. The number of hydrogen-bond acceptors (Lipinski definition) is 4. The molecule has 0 aromatic heterocycles. The van der Waals surface area contributed by atoms with Crippen molar-refractivity contribution in [3.63, 3.8) is 0 Å². The van der Waals surface area contributed by atoms with E-state index in [0.717, 1.165) is 0 Å². The summed E-state index contributed by atoms with van der Waals surface area (Å²) in [6.07, 6.45) is 0.656. The maximum atomic E-state index is 12.3. The fourth-order valence-electron chi connectivity index (χ4n) is 1.54.